The number of carbonyl (C=O) groups is 2. The first-order valence-corrected chi connectivity index (χ1v) is 10.3. The third kappa shape index (κ3) is 5.29. The molecule has 7 heteroatoms. The van der Waals surface area contributed by atoms with Crippen LogP contribution < -0.4 is 19.5 Å². The summed E-state index contributed by atoms with van der Waals surface area (Å²) in [6.45, 7) is 3.29. The first-order valence-electron chi connectivity index (χ1n) is 10.3. The van der Waals surface area contributed by atoms with E-state index in [1.54, 1.807) is 44.4 Å². The van der Waals surface area contributed by atoms with Crippen molar-refractivity contribution >= 4 is 11.8 Å². The lowest BCUT2D eigenvalue weighted by Crippen LogP contribution is -2.51. The fourth-order valence-corrected chi connectivity index (χ4v) is 3.89. The second-order valence-electron chi connectivity index (χ2n) is 8.03. The number of benzene rings is 2. The molecule has 31 heavy (non-hydrogen) atoms. The number of nitrogens with one attached hydrogen (secondary N) is 1. The maximum absolute atomic E-state index is 13.2. The van der Waals surface area contributed by atoms with Crippen LogP contribution in [0, 0.1) is 5.41 Å². The Labute approximate surface area is 183 Å². The Morgan fingerprint density at radius 1 is 1.00 bits per heavy atom. The van der Waals surface area contributed by atoms with Crippen LogP contribution in [-0.4, -0.2) is 51.1 Å². The van der Waals surface area contributed by atoms with Crippen LogP contribution in [0.5, 0.6) is 17.2 Å². The number of hydrogen-bond acceptors (Lipinski definition) is 5. The van der Waals surface area contributed by atoms with Gasteiger partial charge in [0.15, 0.2) is 0 Å². The van der Waals surface area contributed by atoms with Crippen LogP contribution in [0.3, 0.4) is 0 Å². The van der Waals surface area contributed by atoms with Gasteiger partial charge in [-0.05, 0) is 49.6 Å². The summed E-state index contributed by atoms with van der Waals surface area (Å²) in [6, 6.07) is 12.7. The first kappa shape index (κ1) is 22.5. The Kier molecular flexibility index (Phi) is 7.05. The van der Waals surface area contributed by atoms with E-state index in [4.69, 9.17) is 14.2 Å². The highest BCUT2D eigenvalue weighted by atomic mass is 16.5. The Morgan fingerprint density at radius 2 is 1.68 bits per heavy atom. The third-order valence-electron chi connectivity index (χ3n) is 5.72. The lowest BCUT2D eigenvalue weighted by Gasteiger charge is -2.39. The Bertz CT molecular complexity index is 923. The number of rotatable bonds is 7. The Morgan fingerprint density at radius 3 is 2.32 bits per heavy atom. The molecular weight excluding hydrogens is 396 g/mol. The molecule has 0 aliphatic carbocycles. The molecule has 1 N–H and O–H groups in total. The van der Waals surface area contributed by atoms with Crippen molar-refractivity contribution in [3.8, 4) is 17.2 Å². The minimum atomic E-state index is -0.657. The van der Waals surface area contributed by atoms with Gasteiger partial charge in [0.2, 0.25) is 5.91 Å². The quantitative estimate of drug-likeness (QED) is 0.735. The largest absolute Gasteiger partial charge is 0.497 e. The van der Waals surface area contributed by atoms with E-state index in [0.717, 1.165) is 24.2 Å². The average molecular weight is 427 g/mol. The number of hydrogen-bond donors (Lipinski definition) is 1. The molecule has 7 nitrogen and oxygen atoms in total. The maximum atomic E-state index is 13.2. The molecule has 2 aromatic carbocycles. The van der Waals surface area contributed by atoms with E-state index in [2.05, 4.69) is 5.32 Å². The van der Waals surface area contributed by atoms with Crippen LogP contribution in [0.1, 0.15) is 35.7 Å². The van der Waals surface area contributed by atoms with Gasteiger partial charge in [0.05, 0.1) is 26.7 Å². The molecule has 166 valence electrons. The van der Waals surface area contributed by atoms with Gasteiger partial charge in [-0.25, -0.2) is 0 Å². The zero-order valence-electron chi connectivity index (χ0n) is 18.6. The fourth-order valence-electron chi connectivity index (χ4n) is 3.89. The van der Waals surface area contributed by atoms with Crippen LogP contribution in [-0.2, 0) is 11.3 Å². The molecule has 1 saturated heterocycles. The van der Waals surface area contributed by atoms with Gasteiger partial charge in [-0.2, -0.15) is 0 Å². The van der Waals surface area contributed by atoms with Crippen molar-refractivity contribution in [2.45, 2.75) is 26.3 Å². The molecule has 0 bridgehead atoms. The van der Waals surface area contributed by atoms with Crippen LogP contribution in [0.2, 0.25) is 0 Å². The molecule has 1 atom stereocenters. The molecule has 1 heterocycles. The van der Waals surface area contributed by atoms with E-state index in [-0.39, 0.29) is 11.8 Å². The van der Waals surface area contributed by atoms with Crippen molar-refractivity contribution in [1.29, 1.82) is 0 Å². The highest BCUT2D eigenvalue weighted by Crippen LogP contribution is 2.32. The van der Waals surface area contributed by atoms with Crippen molar-refractivity contribution in [1.82, 2.24) is 10.2 Å². The van der Waals surface area contributed by atoms with Gasteiger partial charge in [-0.15, -0.1) is 0 Å². The number of likely N-dealkylation sites (tertiary alicyclic amines) is 1. The molecule has 1 fully saturated rings. The van der Waals surface area contributed by atoms with E-state index >= 15 is 0 Å². The predicted molar refractivity (Wildman–Crippen MR) is 118 cm³/mol. The van der Waals surface area contributed by atoms with E-state index in [9.17, 15) is 9.59 Å². The molecule has 1 aliphatic heterocycles. The zero-order valence-corrected chi connectivity index (χ0v) is 18.6. The van der Waals surface area contributed by atoms with Gasteiger partial charge in [-0.1, -0.05) is 12.1 Å². The van der Waals surface area contributed by atoms with Crippen LogP contribution in [0.15, 0.2) is 42.5 Å². The molecule has 0 unspecified atom stereocenters. The second kappa shape index (κ2) is 9.73. The molecule has 2 aromatic rings. The number of piperidine rings is 1. The van der Waals surface area contributed by atoms with Crippen molar-refractivity contribution in [2.24, 2.45) is 5.41 Å². The Balaban J connectivity index is 1.69. The van der Waals surface area contributed by atoms with Crippen LogP contribution in [0.25, 0.3) is 0 Å². The summed E-state index contributed by atoms with van der Waals surface area (Å²) in [7, 11) is 4.71. The van der Waals surface area contributed by atoms with Gasteiger partial charge in [0.1, 0.15) is 17.2 Å². The monoisotopic (exact) mass is 426 g/mol. The summed E-state index contributed by atoms with van der Waals surface area (Å²) >= 11 is 0. The highest BCUT2D eigenvalue weighted by molar-refractivity contribution is 5.96. The van der Waals surface area contributed by atoms with Gasteiger partial charge < -0.3 is 24.4 Å². The Hall–Kier alpha value is -3.22. The van der Waals surface area contributed by atoms with Crippen molar-refractivity contribution in [2.75, 3.05) is 34.4 Å². The first-order chi connectivity index (χ1) is 14.9. The summed E-state index contributed by atoms with van der Waals surface area (Å²) in [5.74, 6) is 1.66. The third-order valence-corrected chi connectivity index (χ3v) is 5.72. The predicted octanol–water partition coefficient (Wildman–Crippen LogP) is 3.27. The van der Waals surface area contributed by atoms with E-state index in [0.29, 0.717) is 36.7 Å². The molecule has 3 rings (SSSR count). The molecule has 2 amide bonds. The fraction of sp³-hybridized carbons (Fsp3) is 0.417. The normalized spacial score (nSPS) is 18.3. The topological polar surface area (TPSA) is 77.1 Å². The zero-order chi connectivity index (χ0) is 22.4. The lowest BCUT2D eigenvalue weighted by molar-refractivity contribution is -0.132. The lowest BCUT2D eigenvalue weighted by atomic mass is 9.80. The molecule has 1 aliphatic rings. The number of methoxy groups -OCH3 is 3. The molecule has 0 saturated carbocycles. The van der Waals surface area contributed by atoms with E-state index in [1.807, 2.05) is 31.2 Å². The van der Waals surface area contributed by atoms with Crippen molar-refractivity contribution < 1.29 is 23.8 Å². The molecule has 0 radical (unpaired) electrons. The summed E-state index contributed by atoms with van der Waals surface area (Å²) in [4.78, 5) is 27.9. The van der Waals surface area contributed by atoms with Gasteiger partial charge in [0.25, 0.3) is 5.91 Å². The smallest absolute Gasteiger partial charge is 0.254 e. The number of amides is 2. The molecular formula is C24H30N2O5. The van der Waals surface area contributed by atoms with Crippen LogP contribution >= 0.6 is 0 Å². The van der Waals surface area contributed by atoms with Crippen LogP contribution in [0.4, 0.5) is 0 Å². The highest BCUT2D eigenvalue weighted by Gasteiger charge is 2.39. The van der Waals surface area contributed by atoms with E-state index in [1.165, 1.54) is 0 Å². The molecule has 0 aromatic heterocycles. The summed E-state index contributed by atoms with van der Waals surface area (Å²) in [5, 5.41) is 3.02. The van der Waals surface area contributed by atoms with E-state index < -0.39 is 5.41 Å². The maximum Gasteiger partial charge on any atom is 0.254 e. The summed E-state index contributed by atoms with van der Waals surface area (Å²) in [5.41, 5.74) is 0.788. The summed E-state index contributed by atoms with van der Waals surface area (Å²) < 4.78 is 15.8. The minimum absolute atomic E-state index is 0.0592. The van der Waals surface area contributed by atoms with Gasteiger partial charge >= 0.3 is 0 Å². The minimum Gasteiger partial charge on any atom is -0.497 e. The van der Waals surface area contributed by atoms with Gasteiger partial charge in [-0.3, -0.25) is 9.59 Å². The van der Waals surface area contributed by atoms with Crippen molar-refractivity contribution in [3.05, 3.63) is 53.6 Å². The SMILES string of the molecule is COc1cccc(CNC(=O)[C@]2(C)CCCN(C(=O)c3cc(OC)cc(OC)c3)C2)c1. The van der Waals surface area contributed by atoms with Gasteiger partial charge in [0, 0.05) is 31.3 Å². The standard InChI is InChI=1S/C24H30N2O5/c1-24(23(28)25-15-17-7-5-8-19(11-17)29-2)9-6-10-26(16-24)22(27)18-12-20(30-3)14-21(13-18)31-4/h5,7-8,11-14H,6,9-10,15-16H2,1-4H3,(H,25,28)/t24-/m1/s1. The average Bonchev–Trinajstić information content (AvgIpc) is 2.81. The number of ether oxygens (including phenoxy) is 3. The second-order valence-corrected chi connectivity index (χ2v) is 8.03. The number of carbonyl (C=O) groups excluding carboxylic acids is 2. The van der Waals surface area contributed by atoms with Crippen molar-refractivity contribution in [3.63, 3.8) is 0 Å². The summed E-state index contributed by atoms with van der Waals surface area (Å²) in [6.07, 6.45) is 1.48. The molecule has 0 spiro atoms. The number of nitrogens with zero attached hydrogens (tertiary/aromatic N) is 1.